The van der Waals surface area contributed by atoms with E-state index in [1.165, 1.54) is 20.3 Å². The van der Waals surface area contributed by atoms with Crippen LogP contribution >= 0.6 is 34.2 Å². The van der Waals surface area contributed by atoms with Gasteiger partial charge >= 0.3 is 0 Å². The molecule has 0 saturated heterocycles. The van der Waals surface area contributed by atoms with Crippen molar-refractivity contribution in [2.75, 3.05) is 0 Å². The van der Waals surface area contributed by atoms with E-state index in [4.69, 9.17) is 17.3 Å². The Balaban J connectivity index is 2.27. The molecule has 19 heavy (non-hydrogen) atoms. The van der Waals surface area contributed by atoms with Crippen LogP contribution in [0.25, 0.3) is 0 Å². The highest BCUT2D eigenvalue weighted by Gasteiger charge is 2.12. The maximum Gasteiger partial charge on any atom is 0.0410 e. The Morgan fingerprint density at radius 1 is 1.16 bits per heavy atom. The van der Waals surface area contributed by atoms with E-state index in [0.717, 1.165) is 17.0 Å². The van der Waals surface area contributed by atoms with Crippen LogP contribution in [0.1, 0.15) is 28.3 Å². The minimum atomic E-state index is -0.0221. The third-order valence-electron chi connectivity index (χ3n) is 3.30. The van der Waals surface area contributed by atoms with Gasteiger partial charge in [0, 0.05) is 14.6 Å². The van der Waals surface area contributed by atoms with Gasteiger partial charge in [-0.1, -0.05) is 35.4 Å². The summed E-state index contributed by atoms with van der Waals surface area (Å²) in [5, 5.41) is 0.742. The molecule has 0 aliphatic heterocycles. The van der Waals surface area contributed by atoms with Crippen molar-refractivity contribution in [3.63, 3.8) is 0 Å². The molecular weight excluding hydrogens is 369 g/mol. The van der Waals surface area contributed by atoms with Gasteiger partial charge in [-0.2, -0.15) is 0 Å². The average Bonchev–Trinajstić information content (AvgIpc) is 2.36. The zero-order valence-electron chi connectivity index (χ0n) is 11.1. The third kappa shape index (κ3) is 3.71. The highest BCUT2D eigenvalue weighted by atomic mass is 127. The predicted octanol–water partition coefficient (Wildman–Crippen LogP) is 4.80. The normalized spacial score (nSPS) is 12.5. The number of aryl methyl sites for hydroxylation is 2. The molecule has 0 spiro atoms. The van der Waals surface area contributed by atoms with Crippen LogP contribution in [0.5, 0.6) is 0 Å². The van der Waals surface area contributed by atoms with Crippen molar-refractivity contribution in [2.24, 2.45) is 5.73 Å². The molecule has 2 rings (SSSR count). The molecule has 0 radical (unpaired) electrons. The summed E-state index contributed by atoms with van der Waals surface area (Å²) < 4.78 is 1.17. The second kappa shape index (κ2) is 6.25. The lowest BCUT2D eigenvalue weighted by atomic mass is 9.95. The first-order chi connectivity index (χ1) is 8.97. The fourth-order valence-corrected chi connectivity index (χ4v) is 3.08. The first-order valence-corrected chi connectivity index (χ1v) is 7.69. The number of nitrogens with two attached hydrogens (primary N) is 1. The van der Waals surface area contributed by atoms with Crippen LogP contribution < -0.4 is 5.73 Å². The molecule has 0 aromatic heterocycles. The molecule has 0 amide bonds. The average molecular weight is 386 g/mol. The Bertz CT molecular complexity index is 595. The number of rotatable bonds is 3. The maximum absolute atomic E-state index is 6.35. The molecule has 0 bridgehead atoms. The molecule has 1 atom stereocenters. The Kier molecular flexibility index (Phi) is 4.87. The van der Waals surface area contributed by atoms with Crippen molar-refractivity contribution < 1.29 is 0 Å². The van der Waals surface area contributed by atoms with E-state index in [2.05, 4.69) is 54.6 Å². The lowest BCUT2D eigenvalue weighted by Crippen LogP contribution is -2.15. The summed E-state index contributed by atoms with van der Waals surface area (Å²) in [6.45, 7) is 4.24. The van der Waals surface area contributed by atoms with Gasteiger partial charge in [0.05, 0.1) is 0 Å². The fraction of sp³-hybridized carbons (Fsp3) is 0.250. The monoisotopic (exact) mass is 385 g/mol. The standard InChI is InChI=1S/C16H17ClIN/c1-10-3-4-11(2)12(7-10)8-16(19)14-9-13(17)5-6-15(14)18/h3-7,9,16H,8,19H2,1-2H3. The van der Waals surface area contributed by atoms with E-state index in [1.54, 1.807) is 0 Å². The number of hydrogen-bond acceptors (Lipinski definition) is 1. The van der Waals surface area contributed by atoms with E-state index in [9.17, 15) is 0 Å². The summed E-state index contributed by atoms with van der Waals surface area (Å²) >= 11 is 8.37. The Hall–Kier alpha value is -0.580. The van der Waals surface area contributed by atoms with Crippen molar-refractivity contribution in [2.45, 2.75) is 26.3 Å². The highest BCUT2D eigenvalue weighted by molar-refractivity contribution is 14.1. The molecule has 2 aromatic rings. The van der Waals surface area contributed by atoms with E-state index < -0.39 is 0 Å². The van der Waals surface area contributed by atoms with Gasteiger partial charge in [0.2, 0.25) is 0 Å². The van der Waals surface area contributed by atoms with Crippen LogP contribution in [0.4, 0.5) is 0 Å². The topological polar surface area (TPSA) is 26.0 Å². The molecule has 100 valence electrons. The first-order valence-electron chi connectivity index (χ1n) is 6.24. The van der Waals surface area contributed by atoms with E-state index in [0.29, 0.717) is 0 Å². The smallest absolute Gasteiger partial charge is 0.0410 e. The second-order valence-corrected chi connectivity index (χ2v) is 6.51. The Morgan fingerprint density at radius 2 is 1.89 bits per heavy atom. The summed E-state index contributed by atoms with van der Waals surface area (Å²) in [4.78, 5) is 0. The van der Waals surface area contributed by atoms with Crippen molar-refractivity contribution in [3.8, 4) is 0 Å². The van der Waals surface area contributed by atoms with Gasteiger partial charge in [0.15, 0.2) is 0 Å². The Labute approximate surface area is 133 Å². The molecule has 1 unspecified atom stereocenters. The van der Waals surface area contributed by atoms with Gasteiger partial charge < -0.3 is 5.73 Å². The van der Waals surface area contributed by atoms with Gasteiger partial charge in [-0.05, 0) is 77.7 Å². The zero-order valence-corrected chi connectivity index (χ0v) is 14.0. The Morgan fingerprint density at radius 3 is 2.63 bits per heavy atom. The summed E-state index contributed by atoms with van der Waals surface area (Å²) in [5.74, 6) is 0. The largest absolute Gasteiger partial charge is 0.324 e. The lowest BCUT2D eigenvalue weighted by molar-refractivity contribution is 0.714. The SMILES string of the molecule is Cc1ccc(C)c(CC(N)c2cc(Cl)ccc2I)c1. The molecule has 2 N–H and O–H groups in total. The van der Waals surface area contributed by atoms with Gasteiger partial charge in [-0.3, -0.25) is 0 Å². The minimum absolute atomic E-state index is 0.0221. The van der Waals surface area contributed by atoms with Gasteiger partial charge in [0.1, 0.15) is 0 Å². The quantitative estimate of drug-likeness (QED) is 0.754. The van der Waals surface area contributed by atoms with Gasteiger partial charge in [-0.25, -0.2) is 0 Å². The van der Waals surface area contributed by atoms with Crippen LogP contribution in [0.15, 0.2) is 36.4 Å². The van der Waals surface area contributed by atoms with E-state index in [1.807, 2.05) is 18.2 Å². The van der Waals surface area contributed by atoms with Crippen LogP contribution in [0.3, 0.4) is 0 Å². The van der Waals surface area contributed by atoms with E-state index in [-0.39, 0.29) is 6.04 Å². The van der Waals surface area contributed by atoms with Crippen LogP contribution in [0.2, 0.25) is 5.02 Å². The first kappa shape index (κ1) is 14.8. The van der Waals surface area contributed by atoms with E-state index >= 15 is 0 Å². The molecule has 3 heteroatoms. The summed E-state index contributed by atoms with van der Waals surface area (Å²) in [5.41, 5.74) is 11.3. The van der Waals surface area contributed by atoms with Gasteiger partial charge in [0.25, 0.3) is 0 Å². The second-order valence-electron chi connectivity index (χ2n) is 4.91. The summed E-state index contributed by atoms with van der Waals surface area (Å²) in [7, 11) is 0. The molecule has 0 aliphatic carbocycles. The number of benzene rings is 2. The van der Waals surface area contributed by atoms with Gasteiger partial charge in [-0.15, -0.1) is 0 Å². The molecule has 0 fully saturated rings. The molecular formula is C16H17ClIN. The predicted molar refractivity (Wildman–Crippen MR) is 90.7 cm³/mol. The maximum atomic E-state index is 6.35. The minimum Gasteiger partial charge on any atom is -0.324 e. The molecule has 0 aliphatic rings. The summed E-state index contributed by atoms with van der Waals surface area (Å²) in [6, 6.07) is 12.4. The fourth-order valence-electron chi connectivity index (χ4n) is 2.17. The van der Waals surface area contributed by atoms with Crippen molar-refractivity contribution in [3.05, 3.63) is 67.2 Å². The van der Waals surface area contributed by atoms with Crippen LogP contribution in [-0.2, 0) is 6.42 Å². The van der Waals surface area contributed by atoms with Crippen LogP contribution in [0, 0.1) is 17.4 Å². The number of halogens is 2. The number of hydrogen-bond donors (Lipinski definition) is 1. The van der Waals surface area contributed by atoms with Crippen molar-refractivity contribution in [1.29, 1.82) is 0 Å². The highest BCUT2D eigenvalue weighted by Crippen LogP contribution is 2.26. The van der Waals surface area contributed by atoms with Crippen LogP contribution in [-0.4, -0.2) is 0 Å². The molecule has 2 aromatic carbocycles. The lowest BCUT2D eigenvalue weighted by Gasteiger charge is -2.16. The summed E-state index contributed by atoms with van der Waals surface area (Å²) in [6.07, 6.45) is 0.837. The molecule has 0 heterocycles. The van der Waals surface area contributed by atoms with Crippen molar-refractivity contribution in [1.82, 2.24) is 0 Å². The molecule has 0 saturated carbocycles. The third-order valence-corrected chi connectivity index (χ3v) is 4.52. The molecule has 1 nitrogen and oxygen atoms in total. The zero-order chi connectivity index (χ0) is 14.0. The van der Waals surface area contributed by atoms with Crippen molar-refractivity contribution >= 4 is 34.2 Å².